The zero-order valence-corrected chi connectivity index (χ0v) is 18.1. The van der Waals surface area contributed by atoms with Gasteiger partial charge in [-0.2, -0.15) is 4.98 Å². The van der Waals surface area contributed by atoms with Crippen LogP contribution < -0.4 is 0 Å². The molecule has 7 nitrogen and oxygen atoms in total. The van der Waals surface area contributed by atoms with Gasteiger partial charge in [0.15, 0.2) is 0 Å². The number of imidazole rings is 1. The fourth-order valence-electron chi connectivity index (χ4n) is 5.00. The summed E-state index contributed by atoms with van der Waals surface area (Å²) < 4.78 is 7.57. The van der Waals surface area contributed by atoms with E-state index in [0.717, 1.165) is 67.2 Å². The highest BCUT2D eigenvalue weighted by atomic mass is 16.5. The second-order valence-electron chi connectivity index (χ2n) is 9.03. The van der Waals surface area contributed by atoms with Gasteiger partial charge in [0.2, 0.25) is 17.6 Å². The normalized spacial score (nSPS) is 17.6. The first-order chi connectivity index (χ1) is 15.3. The number of hydrogen-bond acceptors (Lipinski definition) is 5. The number of carbonyl (C=O) groups excluding carboxylic acids is 1. The van der Waals surface area contributed by atoms with Crippen LogP contribution in [0, 0.1) is 5.92 Å². The molecule has 0 radical (unpaired) electrons. The van der Waals surface area contributed by atoms with Gasteiger partial charge >= 0.3 is 0 Å². The minimum Gasteiger partial charge on any atom is -0.343 e. The second kappa shape index (κ2) is 9.20. The Kier molecular flexibility index (Phi) is 6.00. The zero-order chi connectivity index (χ0) is 21.0. The highest BCUT2D eigenvalue weighted by Crippen LogP contribution is 2.28. The Morgan fingerprint density at radius 3 is 2.77 bits per heavy atom. The van der Waals surface area contributed by atoms with Crippen LogP contribution in [0.1, 0.15) is 63.7 Å². The van der Waals surface area contributed by atoms with Gasteiger partial charge in [0, 0.05) is 38.0 Å². The van der Waals surface area contributed by atoms with Gasteiger partial charge in [-0.05, 0) is 43.4 Å². The smallest absolute Gasteiger partial charge is 0.226 e. The van der Waals surface area contributed by atoms with Crippen LogP contribution in [0.4, 0.5) is 0 Å². The van der Waals surface area contributed by atoms with Crippen molar-refractivity contribution in [1.29, 1.82) is 0 Å². The van der Waals surface area contributed by atoms with Crippen LogP contribution in [0.2, 0.25) is 0 Å². The average molecular weight is 422 g/mol. The molecule has 0 atom stereocenters. The molecule has 2 aromatic heterocycles. The van der Waals surface area contributed by atoms with E-state index in [-0.39, 0.29) is 5.91 Å². The Hall–Kier alpha value is -2.70. The molecule has 2 aliphatic rings. The molecule has 7 heteroatoms. The number of aromatic nitrogens is 4. The highest BCUT2D eigenvalue weighted by Gasteiger charge is 2.18. The summed E-state index contributed by atoms with van der Waals surface area (Å²) in [6.07, 6.45) is 13.4. The molecule has 1 aromatic carbocycles. The number of benzene rings is 1. The number of likely N-dealkylation sites (tertiary alicyclic amines) is 1. The maximum atomic E-state index is 12.3. The summed E-state index contributed by atoms with van der Waals surface area (Å²) in [6.45, 7) is 2.46. The summed E-state index contributed by atoms with van der Waals surface area (Å²) in [4.78, 5) is 23.5. The van der Waals surface area contributed by atoms with Crippen molar-refractivity contribution in [3.63, 3.8) is 0 Å². The van der Waals surface area contributed by atoms with Gasteiger partial charge in [0.1, 0.15) is 0 Å². The molecule has 1 aliphatic heterocycles. The molecule has 2 fully saturated rings. The van der Waals surface area contributed by atoms with Crippen LogP contribution >= 0.6 is 0 Å². The van der Waals surface area contributed by atoms with Crippen molar-refractivity contribution in [3.05, 3.63) is 30.4 Å². The van der Waals surface area contributed by atoms with E-state index < -0.39 is 0 Å². The second-order valence-corrected chi connectivity index (χ2v) is 9.03. The number of amides is 1. The third-order valence-electron chi connectivity index (χ3n) is 6.86. The summed E-state index contributed by atoms with van der Waals surface area (Å²) >= 11 is 0. The van der Waals surface area contributed by atoms with Crippen molar-refractivity contribution >= 4 is 16.9 Å². The number of rotatable bonds is 7. The Bertz CT molecular complexity index is 1030. The van der Waals surface area contributed by atoms with Gasteiger partial charge in [-0.1, -0.05) is 37.3 Å². The molecule has 3 aromatic rings. The molecule has 0 N–H and O–H groups in total. The molecule has 5 rings (SSSR count). The van der Waals surface area contributed by atoms with E-state index in [1.54, 1.807) is 0 Å². The summed E-state index contributed by atoms with van der Waals surface area (Å²) in [5.74, 6) is 2.40. The standard InChI is InChI=1S/C24H31N5O2/c30-23(28-13-4-5-14-28)12-15-29-17-25-20-16-19(9-10-21(20)29)24-26-22(31-27-24)11-8-18-6-2-1-3-7-18/h9-10,16-18H,1-8,11-15H2. The quantitative estimate of drug-likeness (QED) is 0.557. The molecule has 1 aliphatic carbocycles. The van der Waals surface area contributed by atoms with E-state index in [9.17, 15) is 4.79 Å². The molecule has 31 heavy (non-hydrogen) atoms. The summed E-state index contributed by atoms with van der Waals surface area (Å²) in [6, 6.07) is 6.05. The summed E-state index contributed by atoms with van der Waals surface area (Å²) in [7, 11) is 0. The Labute approximate surface area is 182 Å². The molecule has 1 saturated carbocycles. The zero-order valence-electron chi connectivity index (χ0n) is 18.1. The van der Waals surface area contributed by atoms with E-state index in [1.165, 1.54) is 32.1 Å². The van der Waals surface area contributed by atoms with Crippen molar-refractivity contribution in [3.8, 4) is 11.4 Å². The van der Waals surface area contributed by atoms with Gasteiger partial charge < -0.3 is 14.0 Å². The predicted molar refractivity (Wildman–Crippen MR) is 118 cm³/mol. The first kappa shape index (κ1) is 20.2. The van der Waals surface area contributed by atoms with E-state index >= 15 is 0 Å². The summed E-state index contributed by atoms with van der Waals surface area (Å²) in [5, 5.41) is 4.20. The van der Waals surface area contributed by atoms with Gasteiger partial charge in [-0.3, -0.25) is 4.79 Å². The molecular weight excluding hydrogens is 390 g/mol. The third-order valence-corrected chi connectivity index (χ3v) is 6.86. The molecule has 1 amide bonds. The van der Waals surface area contributed by atoms with Crippen molar-refractivity contribution in [1.82, 2.24) is 24.6 Å². The van der Waals surface area contributed by atoms with E-state index in [0.29, 0.717) is 18.8 Å². The minimum absolute atomic E-state index is 0.239. The predicted octanol–water partition coefficient (Wildman–Crippen LogP) is 4.61. The lowest BCUT2D eigenvalue weighted by Crippen LogP contribution is -2.28. The molecule has 3 heterocycles. The Balaban J connectivity index is 1.22. The molecule has 164 valence electrons. The van der Waals surface area contributed by atoms with Crippen LogP contribution in [0.15, 0.2) is 29.0 Å². The Morgan fingerprint density at radius 2 is 1.94 bits per heavy atom. The fourth-order valence-corrected chi connectivity index (χ4v) is 5.00. The van der Waals surface area contributed by atoms with Crippen LogP contribution in [0.5, 0.6) is 0 Å². The number of fused-ring (bicyclic) bond motifs is 1. The largest absolute Gasteiger partial charge is 0.343 e. The lowest BCUT2D eigenvalue weighted by atomic mass is 9.86. The number of hydrogen-bond donors (Lipinski definition) is 0. The number of nitrogens with zero attached hydrogens (tertiary/aromatic N) is 5. The van der Waals surface area contributed by atoms with E-state index in [4.69, 9.17) is 4.52 Å². The van der Waals surface area contributed by atoms with E-state index in [1.807, 2.05) is 29.4 Å². The van der Waals surface area contributed by atoms with Crippen LogP contribution in [0.25, 0.3) is 22.4 Å². The van der Waals surface area contributed by atoms with Crippen LogP contribution in [0.3, 0.4) is 0 Å². The van der Waals surface area contributed by atoms with Gasteiger partial charge in [0.05, 0.1) is 17.4 Å². The first-order valence-electron chi connectivity index (χ1n) is 11.8. The Morgan fingerprint density at radius 1 is 1.10 bits per heavy atom. The maximum absolute atomic E-state index is 12.3. The number of aryl methyl sites for hydroxylation is 2. The minimum atomic E-state index is 0.239. The SMILES string of the molecule is O=C(CCn1cnc2cc(-c3noc(CCC4CCCCC4)n3)ccc21)N1CCCC1. The average Bonchev–Trinajstić information content (AvgIpc) is 3.57. The van der Waals surface area contributed by atoms with Crippen LogP contribution in [-0.4, -0.2) is 43.6 Å². The number of carbonyl (C=O) groups is 1. The maximum Gasteiger partial charge on any atom is 0.226 e. The highest BCUT2D eigenvalue weighted by molar-refractivity contribution is 5.81. The molecule has 0 unspecified atom stereocenters. The van der Waals surface area contributed by atoms with Crippen LogP contribution in [-0.2, 0) is 17.8 Å². The fraction of sp³-hybridized carbons (Fsp3) is 0.583. The van der Waals surface area contributed by atoms with Crippen molar-refractivity contribution in [2.45, 2.75) is 70.8 Å². The monoisotopic (exact) mass is 421 g/mol. The van der Waals surface area contributed by atoms with E-state index in [2.05, 4.69) is 19.7 Å². The van der Waals surface area contributed by atoms with Crippen molar-refractivity contribution < 1.29 is 9.32 Å². The first-order valence-corrected chi connectivity index (χ1v) is 11.8. The summed E-state index contributed by atoms with van der Waals surface area (Å²) in [5.41, 5.74) is 2.83. The van der Waals surface area contributed by atoms with Crippen molar-refractivity contribution in [2.24, 2.45) is 5.92 Å². The molecular formula is C24H31N5O2. The third kappa shape index (κ3) is 4.65. The van der Waals surface area contributed by atoms with Gasteiger partial charge in [0.25, 0.3) is 0 Å². The van der Waals surface area contributed by atoms with Gasteiger partial charge in [-0.15, -0.1) is 0 Å². The lowest BCUT2D eigenvalue weighted by Gasteiger charge is -2.20. The molecule has 1 saturated heterocycles. The topological polar surface area (TPSA) is 77.0 Å². The lowest BCUT2D eigenvalue weighted by molar-refractivity contribution is -0.130. The molecule has 0 spiro atoms. The van der Waals surface area contributed by atoms with Crippen molar-refractivity contribution in [2.75, 3.05) is 13.1 Å². The molecule has 0 bridgehead atoms. The van der Waals surface area contributed by atoms with Gasteiger partial charge in [-0.25, -0.2) is 4.98 Å².